The van der Waals surface area contributed by atoms with Gasteiger partial charge in [-0.1, -0.05) is 30.9 Å². The van der Waals surface area contributed by atoms with E-state index >= 15 is 0 Å². The van der Waals surface area contributed by atoms with Crippen molar-refractivity contribution in [3.05, 3.63) is 34.1 Å². The second kappa shape index (κ2) is 6.93. The molecule has 0 spiro atoms. The highest BCUT2D eigenvalue weighted by molar-refractivity contribution is 7.90. The lowest BCUT2D eigenvalue weighted by atomic mass is 10.0. The highest BCUT2D eigenvalue weighted by atomic mass is 35.5. The Kier molecular flexibility index (Phi) is 5.41. The Hall–Kier alpha value is -1.18. The number of carbonyl (C=O) groups is 1. The van der Waals surface area contributed by atoms with Crippen LogP contribution in [0.15, 0.2) is 12.1 Å². The molecular formula is C14H18ClFN2O3S. The lowest BCUT2D eigenvalue weighted by Crippen LogP contribution is -2.46. The predicted octanol–water partition coefficient (Wildman–Crippen LogP) is 2.68. The van der Waals surface area contributed by atoms with Gasteiger partial charge in [-0.05, 0) is 37.5 Å². The van der Waals surface area contributed by atoms with Crippen molar-refractivity contribution in [2.45, 2.75) is 44.3 Å². The fraction of sp³-hybridized carbons (Fsp3) is 0.500. The number of hydrazine groups is 1. The third-order valence-corrected chi connectivity index (χ3v) is 5.72. The summed E-state index contributed by atoms with van der Waals surface area (Å²) in [5.74, 6) is -1.60. The zero-order valence-electron chi connectivity index (χ0n) is 12.2. The van der Waals surface area contributed by atoms with Crippen molar-refractivity contribution in [2.24, 2.45) is 0 Å². The molecule has 1 fully saturated rings. The number of hydrogen-bond donors (Lipinski definition) is 2. The van der Waals surface area contributed by atoms with E-state index in [1.54, 1.807) is 0 Å². The van der Waals surface area contributed by atoms with Gasteiger partial charge in [-0.2, -0.15) is 0 Å². The smallest absolute Gasteiger partial charge is 0.269 e. The number of halogens is 2. The van der Waals surface area contributed by atoms with E-state index in [0.717, 1.165) is 25.3 Å². The molecule has 1 amide bonds. The first kappa shape index (κ1) is 17.2. The van der Waals surface area contributed by atoms with Crippen LogP contribution in [0.3, 0.4) is 0 Å². The summed E-state index contributed by atoms with van der Waals surface area (Å²) in [7, 11) is -3.66. The van der Waals surface area contributed by atoms with Gasteiger partial charge in [0.2, 0.25) is 10.0 Å². The normalized spacial score (nSPS) is 16.5. The van der Waals surface area contributed by atoms with E-state index in [1.165, 1.54) is 13.0 Å². The number of sulfonamides is 1. The molecular weight excluding hydrogens is 331 g/mol. The molecule has 2 rings (SSSR count). The minimum absolute atomic E-state index is 0.208. The minimum atomic E-state index is -3.66. The quantitative estimate of drug-likeness (QED) is 0.821. The summed E-state index contributed by atoms with van der Waals surface area (Å²) in [6.07, 6.45) is 3.85. The number of hydrogen-bond acceptors (Lipinski definition) is 3. The summed E-state index contributed by atoms with van der Waals surface area (Å²) in [5.41, 5.74) is 1.98. The van der Waals surface area contributed by atoms with Gasteiger partial charge >= 0.3 is 0 Å². The average molecular weight is 349 g/mol. The van der Waals surface area contributed by atoms with E-state index in [9.17, 15) is 17.6 Å². The lowest BCUT2D eigenvalue weighted by Gasteiger charge is -2.22. The second-order valence-corrected chi connectivity index (χ2v) is 7.84. The summed E-state index contributed by atoms with van der Waals surface area (Å²) in [5, 5.41) is -0.313. The molecule has 5 nitrogen and oxygen atoms in total. The van der Waals surface area contributed by atoms with E-state index in [2.05, 4.69) is 10.3 Å². The van der Waals surface area contributed by atoms with Gasteiger partial charge in [-0.15, -0.1) is 4.83 Å². The maximum atomic E-state index is 13.9. The minimum Gasteiger partial charge on any atom is -0.274 e. The van der Waals surface area contributed by atoms with E-state index in [4.69, 9.17) is 11.6 Å². The van der Waals surface area contributed by atoms with Gasteiger partial charge in [0.1, 0.15) is 5.82 Å². The zero-order chi connectivity index (χ0) is 16.3. The van der Waals surface area contributed by atoms with Crippen molar-refractivity contribution in [3.63, 3.8) is 0 Å². The van der Waals surface area contributed by atoms with E-state index in [0.29, 0.717) is 12.8 Å². The van der Waals surface area contributed by atoms with E-state index < -0.39 is 27.0 Å². The van der Waals surface area contributed by atoms with Gasteiger partial charge in [-0.25, -0.2) is 12.8 Å². The molecule has 0 bridgehead atoms. The van der Waals surface area contributed by atoms with Gasteiger partial charge in [0.25, 0.3) is 5.91 Å². The number of benzene rings is 1. The molecule has 1 aromatic carbocycles. The summed E-state index contributed by atoms with van der Waals surface area (Å²) >= 11 is 5.79. The highest BCUT2D eigenvalue weighted by Gasteiger charge is 2.28. The van der Waals surface area contributed by atoms with Crippen molar-refractivity contribution in [1.82, 2.24) is 10.3 Å². The molecule has 0 aliphatic heterocycles. The second-order valence-electron chi connectivity index (χ2n) is 5.45. The Morgan fingerprint density at radius 1 is 1.27 bits per heavy atom. The molecule has 2 N–H and O–H groups in total. The molecule has 0 radical (unpaired) electrons. The highest BCUT2D eigenvalue weighted by Crippen LogP contribution is 2.23. The Labute approximate surface area is 134 Å². The third kappa shape index (κ3) is 3.97. The van der Waals surface area contributed by atoms with Crippen molar-refractivity contribution in [2.75, 3.05) is 0 Å². The van der Waals surface area contributed by atoms with Gasteiger partial charge in [-0.3, -0.25) is 10.2 Å². The first-order chi connectivity index (χ1) is 10.3. The number of carbonyl (C=O) groups excluding carboxylic acids is 1. The van der Waals surface area contributed by atoms with Crippen molar-refractivity contribution >= 4 is 27.5 Å². The summed E-state index contributed by atoms with van der Waals surface area (Å²) < 4.78 is 38.1. The van der Waals surface area contributed by atoms with Crippen LogP contribution in [0.25, 0.3) is 0 Å². The largest absolute Gasteiger partial charge is 0.274 e. The summed E-state index contributed by atoms with van der Waals surface area (Å²) in [6, 6.07) is 2.55. The van der Waals surface area contributed by atoms with Gasteiger partial charge in [0.05, 0.1) is 10.8 Å². The number of rotatable bonds is 4. The van der Waals surface area contributed by atoms with Crippen molar-refractivity contribution < 1.29 is 17.6 Å². The van der Waals surface area contributed by atoms with Crippen LogP contribution in [-0.2, 0) is 10.0 Å². The molecule has 0 aromatic heterocycles. The molecule has 1 aromatic rings. The summed E-state index contributed by atoms with van der Waals surface area (Å²) in [6.45, 7) is 1.48. The Morgan fingerprint density at radius 2 is 1.91 bits per heavy atom. The van der Waals surface area contributed by atoms with E-state index in [-0.39, 0.29) is 16.1 Å². The standard InChI is InChI=1S/C14H18ClFN2O3S/c1-9-7-10(15)8-12(13(9)16)14(19)17-18-22(20,21)11-5-3-2-4-6-11/h7-8,11,18H,2-6H2,1H3,(H,17,19). The van der Waals surface area contributed by atoms with Crippen LogP contribution in [0.5, 0.6) is 0 Å². The lowest BCUT2D eigenvalue weighted by molar-refractivity contribution is 0.0940. The fourth-order valence-electron chi connectivity index (χ4n) is 2.53. The monoisotopic (exact) mass is 348 g/mol. The number of amides is 1. The molecule has 1 aliphatic carbocycles. The van der Waals surface area contributed by atoms with Gasteiger partial charge in [0, 0.05) is 5.02 Å². The van der Waals surface area contributed by atoms with Gasteiger partial charge in [0.15, 0.2) is 0 Å². The number of nitrogens with one attached hydrogen (secondary N) is 2. The SMILES string of the molecule is Cc1cc(Cl)cc(C(=O)NNS(=O)(=O)C2CCCCC2)c1F. The first-order valence-corrected chi connectivity index (χ1v) is 9.00. The molecule has 1 saturated carbocycles. The Morgan fingerprint density at radius 3 is 2.55 bits per heavy atom. The van der Waals surface area contributed by atoms with E-state index in [1.807, 2.05) is 0 Å². The molecule has 8 heteroatoms. The van der Waals surface area contributed by atoms with Crippen molar-refractivity contribution in [3.8, 4) is 0 Å². The maximum Gasteiger partial charge on any atom is 0.269 e. The Bertz CT molecular complexity index is 673. The van der Waals surface area contributed by atoms with Crippen LogP contribution in [0.2, 0.25) is 5.02 Å². The number of aryl methyl sites for hydroxylation is 1. The molecule has 0 atom stereocenters. The van der Waals surface area contributed by atoms with Crippen LogP contribution < -0.4 is 10.3 Å². The fourth-order valence-corrected chi connectivity index (χ4v) is 4.16. The van der Waals surface area contributed by atoms with Gasteiger partial charge < -0.3 is 0 Å². The molecule has 0 saturated heterocycles. The molecule has 22 heavy (non-hydrogen) atoms. The zero-order valence-corrected chi connectivity index (χ0v) is 13.7. The first-order valence-electron chi connectivity index (χ1n) is 7.08. The maximum absolute atomic E-state index is 13.9. The third-order valence-electron chi connectivity index (χ3n) is 3.76. The molecule has 0 unspecified atom stereocenters. The van der Waals surface area contributed by atoms with Crippen LogP contribution in [-0.4, -0.2) is 19.6 Å². The average Bonchev–Trinajstić information content (AvgIpc) is 2.49. The predicted molar refractivity (Wildman–Crippen MR) is 82.5 cm³/mol. The Balaban J connectivity index is 2.06. The molecule has 0 heterocycles. The molecule has 122 valence electrons. The van der Waals surface area contributed by atoms with Crippen LogP contribution in [0.1, 0.15) is 48.0 Å². The van der Waals surface area contributed by atoms with Crippen molar-refractivity contribution in [1.29, 1.82) is 0 Å². The molecule has 1 aliphatic rings. The van der Waals surface area contributed by atoms with Crippen LogP contribution >= 0.6 is 11.6 Å². The topological polar surface area (TPSA) is 75.3 Å². The van der Waals surface area contributed by atoms with Crippen LogP contribution in [0.4, 0.5) is 4.39 Å². The van der Waals surface area contributed by atoms with Crippen LogP contribution in [0, 0.1) is 12.7 Å². The summed E-state index contributed by atoms with van der Waals surface area (Å²) in [4.78, 5) is 14.0.